The predicted molar refractivity (Wildman–Crippen MR) is 91.8 cm³/mol. The van der Waals surface area contributed by atoms with Crippen LogP contribution in [0.5, 0.6) is 5.88 Å². The summed E-state index contributed by atoms with van der Waals surface area (Å²) in [7, 11) is 0. The molecule has 3 aromatic heterocycles. The van der Waals surface area contributed by atoms with E-state index in [2.05, 4.69) is 33.7 Å². The minimum Gasteiger partial charge on any atom is -0.469 e. The highest BCUT2D eigenvalue weighted by Crippen LogP contribution is 2.25. The lowest BCUT2D eigenvalue weighted by atomic mass is 10.1. The molecule has 3 heterocycles. The lowest BCUT2D eigenvalue weighted by Crippen LogP contribution is -2.06. The largest absolute Gasteiger partial charge is 0.469 e. The van der Waals surface area contributed by atoms with E-state index in [0.717, 1.165) is 22.5 Å². The van der Waals surface area contributed by atoms with E-state index in [4.69, 9.17) is 4.74 Å². The number of benzene rings is 1. The van der Waals surface area contributed by atoms with E-state index in [1.807, 2.05) is 53.3 Å². The van der Waals surface area contributed by atoms with Crippen LogP contribution < -0.4 is 4.74 Å². The van der Waals surface area contributed by atoms with Crippen LogP contribution >= 0.6 is 11.3 Å². The summed E-state index contributed by atoms with van der Waals surface area (Å²) in [4.78, 5) is 4.40. The molecule has 0 fully saturated rings. The number of imidazole rings is 1. The normalized spacial score (nSPS) is 12.4. The Balaban J connectivity index is 1.67. The summed E-state index contributed by atoms with van der Waals surface area (Å²) < 4.78 is 7.82. The van der Waals surface area contributed by atoms with Crippen LogP contribution in [0.1, 0.15) is 18.6 Å². The third-order valence-corrected chi connectivity index (χ3v) is 4.40. The highest BCUT2D eigenvalue weighted by Gasteiger charge is 2.11. The Morgan fingerprint density at radius 1 is 1.09 bits per heavy atom. The maximum absolute atomic E-state index is 5.99. The quantitative estimate of drug-likeness (QED) is 0.551. The van der Waals surface area contributed by atoms with Crippen molar-refractivity contribution in [3.63, 3.8) is 0 Å². The van der Waals surface area contributed by atoms with Crippen LogP contribution in [0.25, 0.3) is 16.9 Å². The van der Waals surface area contributed by atoms with Gasteiger partial charge >= 0.3 is 0 Å². The van der Waals surface area contributed by atoms with Gasteiger partial charge in [0.15, 0.2) is 5.65 Å². The van der Waals surface area contributed by atoms with E-state index in [1.165, 1.54) is 0 Å². The summed E-state index contributed by atoms with van der Waals surface area (Å²) in [6.07, 6.45) is 1.78. The molecule has 0 N–H and O–H groups in total. The van der Waals surface area contributed by atoms with E-state index in [9.17, 15) is 0 Å². The number of nitrogens with zero attached hydrogens (tertiary/aromatic N) is 3. The van der Waals surface area contributed by atoms with Crippen molar-refractivity contribution in [1.82, 2.24) is 14.6 Å². The summed E-state index contributed by atoms with van der Waals surface area (Å²) in [5.41, 5.74) is 4.02. The monoisotopic (exact) mass is 321 g/mol. The zero-order valence-corrected chi connectivity index (χ0v) is 13.4. The number of aromatic nitrogens is 3. The molecule has 1 atom stereocenters. The van der Waals surface area contributed by atoms with Gasteiger partial charge in [0.25, 0.3) is 0 Å². The average molecular weight is 321 g/mol. The van der Waals surface area contributed by atoms with Gasteiger partial charge in [-0.1, -0.05) is 30.3 Å². The predicted octanol–water partition coefficient (Wildman–Crippen LogP) is 4.60. The van der Waals surface area contributed by atoms with Gasteiger partial charge < -0.3 is 4.74 Å². The summed E-state index contributed by atoms with van der Waals surface area (Å²) in [5.74, 6) is 0.586. The van der Waals surface area contributed by atoms with Crippen LogP contribution in [0.4, 0.5) is 0 Å². The molecule has 0 aliphatic heterocycles. The topological polar surface area (TPSA) is 39.4 Å². The van der Waals surface area contributed by atoms with Gasteiger partial charge in [-0.2, -0.15) is 11.3 Å². The van der Waals surface area contributed by atoms with Crippen LogP contribution in [0.3, 0.4) is 0 Å². The molecular formula is C18H15N3OS. The number of rotatable bonds is 4. The van der Waals surface area contributed by atoms with Gasteiger partial charge in [0.05, 0.1) is 11.9 Å². The highest BCUT2D eigenvalue weighted by atomic mass is 32.1. The van der Waals surface area contributed by atoms with Crippen LogP contribution in [0.15, 0.2) is 65.5 Å². The first kappa shape index (κ1) is 14.0. The van der Waals surface area contributed by atoms with Gasteiger partial charge in [0, 0.05) is 17.0 Å². The van der Waals surface area contributed by atoms with Crippen molar-refractivity contribution in [3.05, 3.63) is 71.1 Å². The minimum absolute atomic E-state index is 0.0609. The number of ether oxygens (including phenoxy) is 1. The Morgan fingerprint density at radius 2 is 1.96 bits per heavy atom. The smallest absolute Gasteiger partial charge is 0.232 e. The highest BCUT2D eigenvalue weighted by molar-refractivity contribution is 7.08. The molecule has 0 amide bonds. The molecule has 1 unspecified atom stereocenters. The fourth-order valence-corrected chi connectivity index (χ4v) is 3.15. The summed E-state index contributed by atoms with van der Waals surface area (Å²) in [6.45, 7) is 2.02. The second kappa shape index (κ2) is 5.85. The summed E-state index contributed by atoms with van der Waals surface area (Å²) in [5, 5.41) is 8.73. The standard InChI is InChI=1S/C18H15N3OS/c1-13(14-5-3-2-4-6-14)22-18-8-7-17-19-11-16(21(17)20-18)15-9-10-23-12-15/h2-13H,1H3. The molecule has 0 spiro atoms. The van der Waals surface area contributed by atoms with Crippen molar-refractivity contribution < 1.29 is 4.74 Å². The van der Waals surface area contributed by atoms with E-state index >= 15 is 0 Å². The molecule has 4 aromatic rings. The molecule has 4 rings (SSSR count). The zero-order valence-electron chi connectivity index (χ0n) is 12.6. The number of thiophene rings is 1. The van der Waals surface area contributed by atoms with Crippen molar-refractivity contribution in [2.75, 3.05) is 0 Å². The molecular weight excluding hydrogens is 306 g/mol. The molecule has 4 nitrogen and oxygen atoms in total. The van der Waals surface area contributed by atoms with Crippen molar-refractivity contribution in [2.45, 2.75) is 13.0 Å². The Bertz CT molecular complexity index is 916. The molecule has 114 valence electrons. The molecule has 0 bridgehead atoms. The van der Waals surface area contributed by atoms with E-state index < -0.39 is 0 Å². The number of hydrogen-bond acceptors (Lipinski definition) is 4. The molecule has 0 saturated heterocycles. The fourth-order valence-electron chi connectivity index (χ4n) is 2.50. The van der Waals surface area contributed by atoms with Crippen LogP contribution in [0, 0.1) is 0 Å². The number of hydrogen-bond donors (Lipinski definition) is 0. The molecule has 0 radical (unpaired) electrons. The third-order valence-electron chi connectivity index (χ3n) is 3.72. The van der Waals surface area contributed by atoms with Crippen LogP contribution in [-0.2, 0) is 0 Å². The maximum Gasteiger partial charge on any atom is 0.232 e. The van der Waals surface area contributed by atoms with Gasteiger partial charge in [0.2, 0.25) is 5.88 Å². The first-order valence-electron chi connectivity index (χ1n) is 7.40. The Hall–Kier alpha value is -2.66. The molecule has 5 heteroatoms. The fraction of sp³-hybridized carbons (Fsp3) is 0.111. The first-order valence-corrected chi connectivity index (χ1v) is 8.34. The van der Waals surface area contributed by atoms with Crippen molar-refractivity contribution >= 4 is 17.0 Å². The molecule has 0 aliphatic carbocycles. The van der Waals surface area contributed by atoms with Gasteiger partial charge in [-0.3, -0.25) is 0 Å². The van der Waals surface area contributed by atoms with E-state index in [0.29, 0.717) is 5.88 Å². The Morgan fingerprint density at radius 3 is 2.74 bits per heavy atom. The van der Waals surface area contributed by atoms with Crippen molar-refractivity contribution in [3.8, 4) is 17.1 Å². The first-order chi connectivity index (χ1) is 11.3. The van der Waals surface area contributed by atoms with E-state index in [-0.39, 0.29) is 6.10 Å². The molecule has 1 aromatic carbocycles. The van der Waals surface area contributed by atoms with Crippen molar-refractivity contribution in [1.29, 1.82) is 0 Å². The average Bonchev–Trinajstić information content (AvgIpc) is 3.24. The number of fused-ring (bicyclic) bond motifs is 1. The van der Waals surface area contributed by atoms with Gasteiger partial charge in [-0.15, -0.1) is 5.10 Å². The Labute approximate surface area is 138 Å². The van der Waals surface area contributed by atoms with Gasteiger partial charge in [0.1, 0.15) is 6.10 Å². The van der Waals surface area contributed by atoms with Crippen molar-refractivity contribution in [2.24, 2.45) is 0 Å². The van der Waals surface area contributed by atoms with E-state index in [1.54, 1.807) is 11.3 Å². The Kier molecular flexibility index (Phi) is 3.55. The lowest BCUT2D eigenvalue weighted by Gasteiger charge is -2.14. The lowest BCUT2D eigenvalue weighted by molar-refractivity contribution is 0.214. The van der Waals surface area contributed by atoms with Gasteiger partial charge in [-0.25, -0.2) is 9.50 Å². The second-order valence-corrected chi connectivity index (χ2v) is 6.05. The SMILES string of the molecule is CC(Oc1ccc2ncc(-c3ccsc3)n2n1)c1ccccc1. The van der Waals surface area contributed by atoms with Crippen LogP contribution in [-0.4, -0.2) is 14.6 Å². The zero-order chi connectivity index (χ0) is 15.6. The molecule has 0 aliphatic rings. The summed E-state index contributed by atoms with van der Waals surface area (Å²) in [6, 6.07) is 16.0. The summed E-state index contributed by atoms with van der Waals surface area (Å²) >= 11 is 1.66. The second-order valence-electron chi connectivity index (χ2n) is 5.27. The maximum atomic E-state index is 5.99. The van der Waals surface area contributed by atoms with Gasteiger partial charge in [-0.05, 0) is 30.0 Å². The minimum atomic E-state index is -0.0609. The molecule has 0 saturated carbocycles. The third kappa shape index (κ3) is 2.71. The van der Waals surface area contributed by atoms with Crippen LogP contribution in [0.2, 0.25) is 0 Å². The molecule has 23 heavy (non-hydrogen) atoms.